The number of likely N-dealkylation sites (N-methyl/N-ethyl adjacent to an activating group) is 2. The Morgan fingerprint density at radius 1 is 1.22 bits per heavy atom. The maximum Gasteiger partial charge on any atom is 0.241 e. The van der Waals surface area contributed by atoms with Crippen molar-refractivity contribution in [3.8, 4) is 11.5 Å². The van der Waals surface area contributed by atoms with Crippen LogP contribution in [0.3, 0.4) is 0 Å². The van der Waals surface area contributed by atoms with Crippen LogP contribution in [0.15, 0.2) is 23.1 Å². The van der Waals surface area contributed by atoms with Crippen LogP contribution in [0.4, 0.5) is 0 Å². The maximum atomic E-state index is 12.9. The Morgan fingerprint density at radius 3 is 2.52 bits per heavy atom. The van der Waals surface area contributed by atoms with E-state index in [-0.39, 0.29) is 16.7 Å². The molecule has 1 aromatic carbocycles. The fourth-order valence-electron chi connectivity index (χ4n) is 2.64. The van der Waals surface area contributed by atoms with Crippen LogP contribution in [0.25, 0.3) is 0 Å². The highest BCUT2D eigenvalue weighted by molar-refractivity contribution is 7.89. The molecule has 0 bridgehead atoms. The third kappa shape index (κ3) is 5.57. The molecule has 1 unspecified atom stereocenters. The topological polar surface area (TPSA) is 97.0 Å². The highest BCUT2D eigenvalue weighted by Gasteiger charge is 2.31. The Kier molecular flexibility index (Phi) is 7.46. The van der Waals surface area contributed by atoms with Gasteiger partial charge in [0.15, 0.2) is 11.5 Å². The summed E-state index contributed by atoms with van der Waals surface area (Å²) in [6, 6.07) is 3.63. The largest absolute Gasteiger partial charge is 0.490 e. The van der Waals surface area contributed by atoms with Gasteiger partial charge in [0.2, 0.25) is 15.9 Å². The third-order valence-corrected chi connectivity index (χ3v) is 5.76. The third-order valence-electron chi connectivity index (χ3n) is 4.32. The van der Waals surface area contributed by atoms with Crippen molar-refractivity contribution in [3.05, 3.63) is 18.2 Å². The number of hydrogen-bond acceptors (Lipinski definition) is 6. The van der Waals surface area contributed by atoms with E-state index in [1.54, 1.807) is 20.2 Å². The first-order valence-corrected chi connectivity index (χ1v) is 10.6. The van der Waals surface area contributed by atoms with Gasteiger partial charge >= 0.3 is 0 Å². The number of rotatable bonds is 8. The summed E-state index contributed by atoms with van der Waals surface area (Å²) >= 11 is 0. The van der Waals surface area contributed by atoms with Gasteiger partial charge < -0.3 is 19.7 Å². The molecule has 0 radical (unpaired) electrons. The quantitative estimate of drug-likeness (QED) is 0.672. The van der Waals surface area contributed by atoms with Gasteiger partial charge in [0.05, 0.1) is 18.1 Å². The second-order valence-electron chi connectivity index (χ2n) is 6.87. The van der Waals surface area contributed by atoms with E-state index < -0.39 is 16.1 Å². The lowest BCUT2D eigenvalue weighted by molar-refractivity contribution is -0.132. The first-order valence-electron chi connectivity index (χ1n) is 9.08. The van der Waals surface area contributed by atoms with E-state index in [1.807, 2.05) is 13.8 Å². The summed E-state index contributed by atoms with van der Waals surface area (Å²) in [5.41, 5.74) is 0. The van der Waals surface area contributed by atoms with Crippen LogP contribution in [0.2, 0.25) is 0 Å². The lowest BCUT2D eigenvalue weighted by Crippen LogP contribution is -2.51. The van der Waals surface area contributed by atoms with Crippen LogP contribution in [-0.2, 0) is 14.8 Å². The minimum absolute atomic E-state index is 0.0445. The van der Waals surface area contributed by atoms with E-state index in [9.17, 15) is 13.2 Å². The number of fused-ring (bicyclic) bond motifs is 1. The van der Waals surface area contributed by atoms with Crippen molar-refractivity contribution in [2.24, 2.45) is 5.92 Å². The van der Waals surface area contributed by atoms with Crippen molar-refractivity contribution in [2.75, 3.05) is 40.4 Å². The monoisotopic (exact) mass is 399 g/mol. The second kappa shape index (κ2) is 9.38. The molecule has 0 spiro atoms. The molecule has 0 aromatic heterocycles. The first-order chi connectivity index (χ1) is 12.8. The van der Waals surface area contributed by atoms with Crippen molar-refractivity contribution in [3.63, 3.8) is 0 Å². The molecule has 152 valence electrons. The summed E-state index contributed by atoms with van der Waals surface area (Å²) in [5.74, 6) is 0.451. The number of nitrogens with zero attached hydrogens (tertiary/aromatic N) is 1. The molecular weight excluding hydrogens is 370 g/mol. The van der Waals surface area contributed by atoms with Crippen molar-refractivity contribution in [1.29, 1.82) is 0 Å². The average Bonchev–Trinajstić information content (AvgIpc) is 2.88. The van der Waals surface area contributed by atoms with Crippen molar-refractivity contribution < 1.29 is 22.7 Å². The van der Waals surface area contributed by atoms with Gasteiger partial charge in [-0.25, -0.2) is 8.42 Å². The lowest BCUT2D eigenvalue weighted by Gasteiger charge is -2.27. The van der Waals surface area contributed by atoms with Crippen LogP contribution in [-0.4, -0.2) is 65.7 Å². The molecule has 1 amide bonds. The van der Waals surface area contributed by atoms with Crippen molar-refractivity contribution >= 4 is 15.9 Å². The molecular formula is C18H29N3O5S. The number of sulfonamides is 1. The summed E-state index contributed by atoms with van der Waals surface area (Å²) in [4.78, 5) is 14.3. The first kappa shape index (κ1) is 21.5. The molecule has 0 aliphatic carbocycles. The van der Waals surface area contributed by atoms with E-state index >= 15 is 0 Å². The predicted octanol–water partition coefficient (Wildman–Crippen LogP) is 0.829. The zero-order valence-corrected chi connectivity index (χ0v) is 17.1. The fraction of sp³-hybridized carbons (Fsp3) is 0.611. The average molecular weight is 400 g/mol. The minimum Gasteiger partial charge on any atom is -0.490 e. The molecule has 0 fully saturated rings. The molecule has 1 aliphatic rings. The molecule has 9 heteroatoms. The molecule has 1 aromatic rings. The molecule has 8 nitrogen and oxygen atoms in total. The van der Waals surface area contributed by atoms with Crippen molar-refractivity contribution in [2.45, 2.75) is 31.2 Å². The minimum atomic E-state index is -3.90. The zero-order valence-electron chi connectivity index (χ0n) is 16.3. The Morgan fingerprint density at radius 2 is 1.89 bits per heavy atom. The Bertz CT molecular complexity index is 751. The highest BCUT2D eigenvalue weighted by Crippen LogP contribution is 2.32. The summed E-state index contributed by atoms with van der Waals surface area (Å²) in [6.07, 6.45) is 0.734. The van der Waals surface area contributed by atoms with Gasteiger partial charge in [0.1, 0.15) is 6.04 Å². The predicted molar refractivity (Wildman–Crippen MR) is 103 cm³/mol. The van der Waals surface area contributed by atoms with Gasteiger partial charge in [-0.1, -0.05) is 13.8 Å². The van der Waals surface area contributed by atoms with E-state index in [2.05, 4.69) is 10.0 Å². The van der Waals surface area contributed by atoms with Gasteiger partial charge in [-0.05, 0) is 25.1 Å². The van der Waals surface area contributed by atoms with Crippen LogP contribution in [0.1, 0.15) is 20.3 Å². The molecule has 1 atom stereocenters. The number of hydrogen-bond donors (Lipinski definition) is 2. The smallest absolute Gasteiger partial charge is 0.241 e. The SMILES string of the molecule is CNCCN(C)C(=O)C(NS(=O)(=O)c1ccc2c(c1)OCCCO2)C(C)C. The van der Waals surface area contributed by atoms with Gasteiger partial charge in [-0.3, -0.25) is 4.79 Å². The van der Waals surface area contributed by atoms with E-state index in [0.29, 0.717) is 37.8 Å². The number of benzene rings is 1. The molecule has 1 aliphatic heterocycles. The van der Waals surface area contributed by atoms with E-state index in [0.717, 1.165) is 6.42 Å². The number of carbonyl (C=O) groups is 1. The van der Waals surface area contributed by atoms with Crippen LogP contribution < -0.4 is 19.5 Å². The molecule has 2 rings (SSSR count). The second-order valence-corrected chi connectivity index (χ2v) is 8.58. The normalized spacial score (nSPS) is 15.3. The highest BCUT2D eigenvalue weighted by atomic mass is 32.2. The maximum absolute atomic E-state index is 12.9. The summed E-state index contributed by atoms with van der Waals surface area (Å²) in [5, 5.41) is 2.97. The fourth-order valence-corrected chi connectivity index (χ4v) is 4.00. The number of ether oxygens (including phenoxy) is 2. The Labute approximate surface area is 161 Å². The van der Waals surface area contributed by atoms with Crippen LogP contribution in [0.5, 0.6) is 11.5 Å². The lowest BCUT2D eigenvalue weighted by atomic mass is 10.0. The summed E-state index contributed by atoms with van der Waals surface area (Å²) < 4.78 is 39.4. The standard InChI is InChI=1S/C18H29N3O5S/c1-13(2)17(18(22)21(4)9-8-19-3)20-27(23,24)14-6-7-15-16(12-14)26-11-5-10-25-15/h6-7,12-13,17,19-20H,5,8-11H2,1-4H3. The molecule has 0 saturated heterocycles. The van der Waals surface area contributed by atoms with Gasteiger partial charge in [-0.15, -0.1) is 0 Å². The molecule has 0 saturated carbocycles. The number of amides is 1. The molecule has 2 N–H and O–H groups in total. The Hall–Kier alpha value is -1.84. The van der Waals surface area contributed by atoms with Gasteiger partial charge in [0, 0.05) is 32.6 Å². The van der Waals surface area contributed by atoms with E-state index in [4.69, 9.17) is 9.47 Å². The summed E-state index contributed by atoms with van der Waals surface area (Å²) in [7, 11) is -0.437. The molecule has 1 heterocycles. The summed E-state index contributed by atoms with van der Waals surface area (Å²) in [6.45, 7) is 5.73. The Balaban J connectivity index is 2.21. The molecule has 27 heavy (non-hydrogen) atoms. The zero-order chi connectivity index (χ0) is 20.0. The van der Waals surface area contributed by atoms with Crippen molar-refractivity contribution in [1.82, 2.24) is 14.9 Å². The van der Waals surface area contributed by atoms with Gasteiger partial charge in [-0.2, -0.15) is 4.72 Å². The van der Waals surface area contributed by atoms with E-state index in [1.165, 1.54) is 17.0 Å². The van der Waals surface area contributed by atoms with Crippen LogP contribution in [0, 0.1) is 5.92 Å². The number of carbonyl (C=O) groups excluding carboxylic acids is 1. The van der Waals surface area contributed by atoms with Crippen LogP contribution >= 0.6 is 0 Å². The number of nitrogens with one attached hydrogen (secondary N) is 2. The van der Waals surface area contributed by atoms with Gasteiger partial charge in [0.25, 0.3) is 0 Å².